The average molecular weight is 212 g/mol. The third-order valence-corrected chi connectivity index (χ3v) is 1.97. The van der Waals surface area contributed by atoms with Gasteiger partial charge in [0.2, 0.25) is 0 Å². The van der Waals surface area contributed by atoms with Crippen LogP contribution in [-0.4, -0.2) is 34.0 Å². The number of carbonyl (C=O) groups is 3. The first-order valence-corrected chi connectivity index (χ1v) is 4.23. The van der Waals surface area contributed by atoms with E-state index < -0.39 is 23.8 Å². The number of allylic oxidation sites excluding steroid dienone is 1. The molecule has 1 heterocycles. The van der Waals surface area contributed by atoms with Gasteiger partial charge in [-0.05, 0) is 12.2 Å². The summed E-state index contributed by atoms with van der Waals surface area (Å²) in [4.78, 5) is 31.4. The Morgan fingerprint density at radius 1 is 1.40 bits per heavy atom. The third-order valence-electron chi connectivity index (χ3n) is 1.97. The molecule has 15 heavy (non-hydrogen) atoms. The van der Waals surface area contributed by atoms with E-state index in [2.05, 4.69) is 0 Å². The standard InChI is InChI=1S/C9H9NO5/c11-7(9(14)15)2-1-5-3-6(8(12)13)10-4-5/h1-2,4,6,10H,3H2,(H,12,13)(H,14,15)/p+1/b2-1+/t6-/m0/s1. The van der Waals surface area contributed by atoms with Gasteiger partial charge < -0.3 is 15.5 Å². The van der Waals surface area contributed by atoms with E-state index in [1.807, 2.05) is 0 Å². The summed E-state index contributed by atoms with van der Waals surface area (Å²) in [6.07, 6.45) is 4.12. The third kappa shape index (κ3) is 3.03. The number of hydrogen-bond donors (Lipinski definition) is 3. The van der Waals surface area contributed by atoms with Crippen LogP contribution in [0.3, 0.4) is 0 Å². The maximum absolute atomic E-state index is 10.7. The van der Waals surface area contributed by atoms with Crippen molar-refractivity contribution in [2.75, 3.05) is 0 Å². The molecule has 0 bridgehead atoms. The Bertz CT molecular complexity index is 369. The molecule has 0 aromatic carbocycles. The van der Waals surface area contributed by atoms with Gasteiger partial charge in [0.15, 0.2) is 6.04 Å². The van der Waals surface area contributed by atoms with Crippen molar-refractivity contribution in [3.63, 3.8) is 0 Å². The van der Waals surface area contributed by atoms with E-state index in [9.17, 15) is 14.4 Å². The maximum Gasteiger partial charge on any atom is 0.376 e. The summed E-state index contributed by atoms with van der Waals surface area (Å²) in [6, 6.07) is -0.579. The number of ketones is 1. The lowest BCUT2D eigenvalue weighted by atomic mass is 10.1. The SMILES string of the molecule is O=C(O)C(=O)/C=C/C1=C[NH2+][C@H](C(=O)O)C1. The molecule has 0 saturated heterocycles. The predicted molar refractivity (Wildman–Crippen MR) is 47.8 cm³/mol. The van der Waals surface area contributed by atoms with E-state index in [0.717, 1.165) is 6.08 Å². The summed E-state index contributed by atoms with van der Waals surface area (Å²) in [6.45, 7) is 0. The van der Waals surface area contributed by atoms with Gasteiger partial charge in [-0.1, -0.05) is 0 Å². The summed E-state index contributed by atoms with van der Waals surface area (Å²) in [5.74, 6) is -3.47. The summed E-state index contributed by atoms with van der Waals surface area (Å²) in [5.41, 5.74) is 0.636. The molecule has 80 valence electrons. The molecule has 0 saturated carbocycles. The van der Waals surface area contributed by atoms with Crippen molar-refractivity contribution in [3.8, 4) is 0 Å². The van der Waals surface area contributed by atoms with Crippen LogP contribution in [0.25, 0.3) is 0 Å². The van der Waals surface area contributed by atoms with E-state index in [1.165, 1.54) is 11.4 Å². The van der Waals surface area contributed by atoms with Crippen LogP contribution in [-0.2, 0) is 14.4 Å². The van der Waals surface area contributed by atoms with Crippen LogP contribution in [0.2, 0.25) is 0 Å². The van der Waals surface area contributed by atoms with E-state index in [-0.39, 0.29) is 0 Å². The fraction of sp³-hybridized carbons (Fsp3) is 0.222. The fourth-order valence-corrected chi connectivity index (χ4v) is 1.18. The molecule has 1 rings (SSSR count). The number of rotatable bonds is 4. The predicted octanol–water partition coefficient (Wildman–Crippen LogP) is -1.50. The first kappa shape index (κ1) is 11.1. The van der Waals surface area contributed by atoms with Crippen LogP contribution in [0, 0.1) is 0 Å². The minimum absolute atomic E-state index is 0.290. The van der Waals surface area contributed by atoms with Crippen molar-refractivity contribution in [2.45, 2.75) is 12.5 Å². The summed E-state index contributed by atoms with van der Waals surface area (Å²) < 4.78 is 0. The molecule has 1 aliphatic heterocycles. The number of carboxylic acids is 2. The molecule has 6 heteroatoms. The smallest absolute Gasteiger partial charge is 0.376 e. The molecule has 0 aromatic heterocycles. The molecule has 0 spiro atoms. The number of carboxylic acid groups (broad SMARTS) is 2. The Morgan fingerprint density at radius 3 is 2.53 bits per heavy atom. The molecule has 0 fully saturated rings. The Hall–Kier alpha value is -1.95. The lowest BCUT2D eigenvalue weighted by molar-refractivity contribution is -0.605. The molecule has 4 N–H and O–H groups in total. The molecule has 1 atom stereocenters. The van der Waals surface area contributed by atoms with Crippen LogP contribution < -0.4 is 5.32 Å². The zero-order valence-electron chi connectivity index (χ0n) is 7.71. The second-order valence-corrected chi connectivity index (χ2v) is 3.09. The van der Waals surface area contributed by atoms with E-state index in [0.29, 0.717) is 12.0 Å². The van der Waals surface area contributed by atoms with Crippen molar-refractivity contribution < 1.29 is 29.9 Å². The van der Waals surface area contributed by atoms with Gasteiger partial charge in [-0.15, -0.1) is 0 Å². The number of nitrogens with two attached hydrogens (primary N) is 1. The van der Waals surface area contributed by atoms with Crippen molar-refractivity contribution in [1.29, 1.82) is 0 Å². The molecular formula is C9H10NO5+. The number of carbonyl (C=O) groups excluding carboxylic acids is 1. The van der Waals surface area contributed by atoms with Gasteiger partial charge in [0.1, 0.15) is 0 Å². The van der Waals surface area contributed by atoms with Gasteiger partial charge in [-0.25, -0.2) is 9.59 Å². The van der Waals surface area contributed by atoms with Gasteiger partial charge in [-0.3, -0.25) is 4.79 Å². The normalized spacial score (nSPS) is 20.3. The molecule has 0 radical (unpaired) electrons. The molecule has 0 aromatic rings. The highest BCUT2D eigenvalue weighted by Gasteiger charge is 2.26. The maximum atomic E-state index is 10.7. The second kappa shape index (κ2) is 4.52. The van der Waals surface area contributed by atoms with Crippen LogP contribution in [0.15, 0.2) is 23.9 Å². The lowest BCUT2D eigenvalue weighted by Gasteiger charge is -1.97. The van der Waals surface area contributed by atoms with Crippen LogP contribution in [0.5, 0.6) is 0 Å². The molecular weight excluding hydrogens is 202 g/mol. The zero-order chi connectivity index (χ0) is 11.4. The Kier molecular flexibility index (Phi) is 3.35. The number of aliphatic carboxylic acids is 2. The quantitative estimate of drug-likeness (QED) is 0.388. The second-order valence-electron chi connectivity index (χ2n) is 3.09. The van der Waals surface area contributed by atoms with Gasteiger partial charge in [0, 0.05) is 12.0 Å². The molecule has 0 unspecified atom stereocenters. The Balaban J connectivity index is 2.52. The van der Waals surface area contributed by atoms with E-state index in [4.69, 9.17) is 10.2 Å². The highest BCUT2D eigenvalue weighted by atomic mass is 16.4. The summed E-state index contributed by atoms with van der Waals surface area (Å²) in [5, 5.41) is 18.4. The minimum Gasteiger partial charge on any atom is -0.477 e. The van der Waals surface area contributed by atoms with E-state index in [1.54, 1.807) is 6.20 Å². The van der Waals surface area contributed by atoms with Crippen molar-refractivity contribution in [3.05, 3.63) is 23.9 Å². The van der Waals surface area contributed by atoms with Gasteiger partial charge in [0.05, 0.1) is 6.20 Å². The number of hydrogen-bond acceptors (Lipinski definition) is 3. The van der Waals surface area contributed by atoms with Gasteiger partial charge in [0.25, 0.3) is 5.78 Å². The first-order valence-electron chi connectivity index (χ1n) is 4.23. The van der Waals surface area contributed by atoms with Gasteiger partial charge in [-0.2, -0.15) is 0 Å². The molecule has 0 amide bonds. The van der Waals surface area contributed by atoms with Gasteiger partial charge >= 0.3 is 11.9 Å². The topological polar surface area (TPSA) is 108 Å². The molecule has 1 aliphatic rings. The highest BCUT2D eigenvalue weighted by molar-refractivity contribution is 6.37. The Labute approximate surface area is 84.9 Å². The largest absolute Gasteiger partial charge is 0.477 e. The van der Waals surface area contributed by atoms with Crippen LogP contribution in [0.1, 0.15) is 6.42 Å². The monoisotopic (exact) mass is 212 g/mol. The fourth-order valence-electron chi connectivity index (χ4n) is 1.18. The van der Waals surface area contributed by atoms with E-state index >= 15 is 0 Å². The summed E-state index contributed by atoms with van der Waals surface area (Å²) in [7, 11) is 0. The van der Waals surface area contributed by atoms with Crippen molar-refractivity contribution in [2.24, 2.45) is 0 Å². The van der Waals surface area contributed by atoms with Crippen LogP contribution in [0.4, 0.5) is 0 Å². The Morgan fingerprint density at radius 2 is 2.07 bits per heavy atom. The minimum atomic E-state index is -1.52. The number of quaternary nitrogens is 1. The average Bonchev–Trinajstić information content (AvgIpc) is 2.62. The lowest BCUT2D eigenvalue weighted by Crippen LogP contribution is -2.84. The highest BCUT2D eigenvalue weighted by Crippen LogP contribution is 2.08. The summed E-state index contributed by atoms with van der Waals surface area (Å²) >= 11 is 0. The first-order chi connectivity index (χ1) is 7.00. The molecule has 6 nitrogen and oxygen atoms in total. The van der Waals surface area contributed by atoms with Crippen molar-refractivity contribution >= 4 is 17.7 Å². The van der Waals surface area contributed by atoms with Crippen molar-refractivity contribution in [1.82, 2.24) is 0 Å². The van der Waals surface area contributed by atoms with Crippen LogP contribution >= 0.6 is 0 Å². The molecule has 0 aliphatic carbocycles. The zero-order valence-corrected chi connectivity index (χ0v) is 7.71.